The number of nitrogens with two attached hydrogens (primary N) is 1. The van der Waals surface area contributed by atoms with Crippen LogP contribution in [0.3, 0.4) is 0 Å². The summed E-state index contributed by atoms with van der Waals surface area (Å²) in [4.78, 5) is 2.59. The molecule has 0 saturated heterocycles. The number of hydrogen-bond acceptors (Lipinski definition) is 2. The number of aryl methyl sites for hydroxylation is 2. The van der Waals surface area contributed by atoms with Gasteiger partial charge in [-0.2, -0.15) is 0 Å². The van der Waals surface area contributed by atoms with Crippen LogP contribution in [0.2, 0.25) is 0 Å². The average molecular weight is 230 g/mol. The van der Waals surface area contributed by atoms with Crippen LogP contribution in [0.1, 0.15) is 36.5 Å². The van der Waals surface area contributed by atoms with Gasteiger partial charge in [0.15, 0.2) is 0 Å². The Balaban J connectivity index is 2.02. The molecule has 0 aliphatic carbocycles. The molecule has 0 amide bonds. The van der Waals surface area contributed by atoms with Gasteiger partial charge in [-0.25, -0.2) is 0 Å². The van der Waals surface area contributed by atoms with Crippen LogP contribution in [0.15, 0.2) is 12.1 Å². The van der Waals surface area contributed by atoms with E-state index < -0.39 is 0 Å². The zero-order valence-corrected chi connectivity index (χ0v) is 10.7. The van der Waals surface area contributed by atoms with Gasteiger partial charge in [0, 0.05) is 24.8 Å². The maximum absolute atomic E-state index is 5.92. The highest BCUT2D eigenvalue weighted by Gasteiger charge is 2.24. The van der Waals surface area contributed by atoms with Crippen LogP contribution in [0.4, 0.5) is 5.69 Å². The summed E-state index contributed by atoms with van der Waals surface area (Å²) in [7, 11) is 0. The van der Waals surface area contributed by atoms with E-state index in [0.29, 0.717) is 0 Å². The van der Waals surface area contributed by atoms with Gasteiger partial charge < -0.3 is 10.6 Å². The Morgan fingerprint density at radius 3 is 2.29 bits per heavy atom. The van der Waals surface area contributed by atoms with Gasteiger partial charge in [-0.1, -0.05) is 12.1 Å². The van der Waals surface area contributed by atoms with Crippen molar-refractivity contribution in [2.24, 2.45) is 5.73 Å². The fourth-order valence-corrected chi connectivity index (χ4v) is 3.37. The number of hydrogen-bond donors (Lipinski definition) is 1. The monoisotopic (exact) mass is 230 g/mol. The normalized spacial score (nSPS) is 20.0. The quantitative estimate of drug-likeness (QED) is 0.844. The maximum Gasteiger partial charge on any atom is 0.0431 e. The van der Waals surface area contributed by atoms with Gasteiger partial charge in [0.05, 0.1) is 0 Å². The summed E-state index contributed by atoms with van der Waals surface area (Å²) in [6, 6.07) is 5.07. The molecule has 2 heterocycles. The molecule has 3 rings (SSSR count). The van der Waals surface area contributed by atoms with Gasteiger partial charge in [0.25, 0.3) is 0 Å². The fraction of sp³-hybridized carbons (Fsp3) is 0.600. The minimum atomic E-state index is 0.267. The van der Waals surface area contributed by atoms with Crippen molar-refractivity contribution in [2.45, 2.75) is 45.1 Å². The lowest BCUT2D eigenvalue weighted by Gasteiger charge is -2.37. The zero-order valence-electron chi connectivity index (χ0n) is 10.7. The van der Waals surface area contributed by atoms with E-state index in [9.17, 15) is 0 Å². The van der Waals surface area contributed by atoms with Crippen molar-refractivity contribution in [3.8, 4) is 0 Å². The van der Waals surface area contributed by atoms with Crippen LogP contribution in [-0.4, -0.2) is 19.1 Å². The lowest BCUT2D eigenvalue weighted by Crippen LogP contribution is -2.34. The van der Waals surface area contributed by atoms with Crippen LogP contribution >= 0.6 is 0 Å². The molecule has 0 spiro atoms. The molecular weight excluding hydrogens is 208 g/mol. The van der Waals surface area contributed by atoms with E-state index in [1.54, 1.807) is 16.8 Å². The summed E-state index contributed by atoms with van der Waals surface area (Å²) < 4.78 is 0. The molecule has 1 unspecified atom stereocenters. The van der Waals surface area contributed by atoms with Gasteiger partial charge in [0.2, 0.25) is 0 Å². The topological polar surface area (TPSA) is 29.3 Å². The van der Waals surface area contributed by atoms with Crippen LogP contribution in [0.5, 0.6) is 0 Å². The first kappa shape index (κ1) is 11.1. The molecule has 1 atom stereocenters. The Hall–Kier alpha value is -1.02. The number of anilines is 1. The summed E-state index contributed by atoms with van der Waals surface area (Å²) >= 11 is 0. The first-order valence-corrected chi connectivity index (χ1v) is 6.89. The van der Waals surface area contributed by atoms with Gasteiger partial charge in [0.1, 0.15) is 0 Å². The lowest BCUT2D eigenvalue weighted by molar-refractivity contribution is 0.631. The largest absolute Gasteiger partial charge is 0.371 e. The van der Waals surface area contributed by atoms with E-state index >= 15 is 0 Å². The van der Waals surface area contributed by atoms with Crippen molar-refractivity contribution < 1.29 is 0 Å². The molecule has 2 heteroatoms. The van der Waals surface area contributed by atoms with Gasteiger partial charge in [-0.15, -0.1) is 0 Å². The smallest absolute Gasteiger partial charge is 0.0431 e. The highest BCUT2D eigenvalue weighted by atomic mass is 15.1. The third-order valence-electron chi connectivity index (χ3n) is 3.95. The molecule has 92 valence electrons. The molecule has 0 fully saturated rings. The second-order valence-electron chi connectivity index (χ2n) is 5.64. The molecule has 2 aliphatic heterocycles. The van der Waals surface area contributed by atoms with E-state index in [-0.39, 0.29) is 6.04 Å². The first-order chi connectivity index (χ1) is 8.24. The van der Waals surface area contributed by atoms with E-state index in [1.165, 1.54) is 44.3 Å². The third-order valence-corrected chi connectivity index (χ3v) is 3.95. The Morgan fingerprint density at radius 1 is 1.18 bits per heavy atom. The number of benzene rings is 1. The van der Waals surface area contributed by atoms with E-state index in [0.717, 1.165) is 6.42 Å². The van der Waals surface area contributed by atoms with Crippen LogP contribution in [-0.2, 0) is 19.3 Å². The minimum Gasteiger partial charge on any atom is -0.371 e. The summed E-state index contributed by atoms with van der Waals surface area (Å²) in [5.41, 5.74) is 12.1. The average Bonchev–Trinajstić information content (AvgIpc) is 2.28. The number of nitrogens with zero attached hydrogens (tertiary/aromatic N) is 1. The van der Waals surface area contributed by atoms with Gasteiger partial charge in [-0.3, -0.25) is 0 Å². The second-order valence-corrected chi connectivity index (χ2v) is 5.64. The SMILES string of the molecule is CC(N)Cc1cc2c3c(c1)CCCN3CCC2. The Kier molecular flexibility index (Phi) is 2.83. The van der Waals surface area contributed by atoms with E-state index in [2.05, 4.69) is 24.0 Å². The van der Waals surface area contributed by atoms with E-state index in [4.69, 9.17) is 5.73 Å². The summed E-state index contributed by atoms with van der Waals surface area (Å²) in [6.45, 7) is 4.61. The molecule has 17 heavy (non-hydrogen) atoms. The summed E-state index contributed by atoms with van der Waals surface area (Å²) in [5.74, 6) is 0. The highest BCUT2D eigenvalue weighted by Crippen LogP contribution is 2.36. The van der Waals surface area contributed by atoms with Crippen LogP contribution in [0, 0.1) is 0 Å². The molecule has 0 radical (unpaired) electrons. The molecule has 2 aliphatic rings. The highest BCUT2D eigenvalue weighted by molar-refractivity contribution is 5.64. The Labute approximate surface area is 104 Å². The first-order valence-electron chi connectivity index (χ1n) is 6.89. The second kappa shape index (κ2) is 4.34. The van der Waals surface area contributed by atoms with Gasteiger partial charge in [-0.05, 0) is 55.7 Å². The molecule has 0 saturated carbocycles. The molecule has 0 aromatic heterocycles. The molecule has 0 bridgehead atoms. The predicted molar refractivity (Wildman–Crippen MR) is 72.7 cm³/mol. The van der Waals surface area contributed by atoms with Crippen molar-refractivity contribution in [1.29, 1.82) is 0 Å². The van der Waals surface area contributed by atoms with Crippen molar-refractivity contribution >= 4 is 5.69 Å². The molecule has 2 nitrogen and oxygen atoms in total. The van der Waals surface area contributed by atoms with Gasteiger partial charge >= 0.3 is 0 Å². The molecule has 1 aromatic carbocycles. The Morgan fingerprint density at radius 2 is 1.76 bits per heavy atom. The van der Waals surface area contributed by atoms with Crippen molar-refractivity contribution in [1.82, 2.24) is 0 Å². The summed E-state index contributed by atoms with van der Waals surface area (Å²) in [6.07, 6.45) is 6.15. The van der Waals surface area contributed by atoms with Crippen LogP contribution < -0.4 is 10.6 Å². The molecule has 2 N–H and O–H groups in total. The van der Waals surface area contributed by atoms with Crippen molar-refractivity contribution in [3.05, 3.63) is 28.8 Å². The number of rotatable bonds is 2. The van der Waals surface area contributed by atoms with Crippen molar-refractivity contribution in [2.75, 3.05) is 18.0 Å². The van der Waals surface area contributed by atoms with E-state index in [1.807, 2.05) is 0 Å². The van der Waals surface area contributed by atoms with Crippen molar-refractivity contribution in [3.63, 3.8) is 0 Å². The van der Waals surface area contributed by atoms with Crippen LogP contribution in [0.25, 0.3) is 0 Å². The molecule has 1 aromatic rings. The maximum atomic E-state index is 5.92. The summed E-state index contributed by atoms with van der Waals surface area (Å²) in [5, 5.41) is 0. The fourth-order valence-electron chi connectivity index (χ4n) is 3.37. The standard InChI is InChI=1S/C15H22N2/c1-11(16)8-12-9-13-4-2-6-17-7-3-5-14(10-12)15(13)17/h9-11H,2-8,16H2,1H3. The Bertz CT molecular complexity index is 392. The third kappa shape index (κ3) is 2.06. The predicted octanol–water partition coefficient (Wildman–Crippen LogP) is 2.28. The minimum absolute atomic E-state index is 0.267. The zero-order chi connectivity index (χ0) is 11.8. The lowest BCUT2D eigenvalue weighted by atomic mass is 9.89. The molecular formula is C15H22N2.